The molecule has 5 saturated carbocycles. The van der Waals surface area contributed by atoms with E-state index in [1.165, 1.54) is 31.3 Å². The predicted molar refractivity (Wildman–Crippen MR) is 200 cm³/mol. The number of aliphatic carboxylic acids is 1. The third-order valence-corrected chi connectivity index (χ3v) is 17.0. The van der Waals surface area contributed by atoms with Gasteiger partial charge in [-0.05, 0) is 136 Å². The lowest BCUT2D eigenvalue weighted by atomic mass is 9.32. The summed E-state index contributed by atoms with van der Waals surface area (Å²) < 4.78 is 12.1. The molecule has 6 aliphatic rings. The summed E-state index contributed by atoms with van der Waals surface area (Å²) in [4.78, 5) is 40.8. The van der Waals surface area contributed by atoms with Crippen molar-refractivity contribution in [2.24, 2.45) is 62.1 Å². The SMILES string of the molecule is C=C(C)[C@@H]1CC[C@]2(CC(=O)N(C)CC3CNCCO3)CC[C@]3(C)[C@H](CC[C@@H]4[C@@]5(C)CC[C@H](OC(=O)CC(C)(C)C(=O)O)C(C)(C)[C@@H]5CC[C@]43C)[C@@H]12. The van der Waals surface area contributed by atoms with Gasteiger partial charge in [0.15, 0.2) is 0 Å². The maximum atomic E-state index is 14.1. The van der Waals surface area contributed by atoms with Crippen LogP contribution in [-0.2, 0) is 23.9 Å². The molecular formula is C43H70N2O6. The average molecular weight is 711 g/mol. The number of hydrogen-bond acceptors (Lipinski definition) is 6. The molecule has 6 fully saturated rings. The quantitative estimate of drug-likeness (QED) is 0.185. The minimum Gasteiger partial charge on any atom is -0.481 e. The predicted octanol–water partition coefficient (Wildman–Crippen LogP) is 7.89. The summed E-state index contributed by atoms with van der Waals surface area (Å²) in [6.07, 6.45) is 11.5. The Balaban J connectivity index is 1.22. The minimum atomic E-state index is -1.14. The number of carbonyl (C=O) groups is 3. The largest absolute Gasteiger partial charge is 0.481 e. The molecule has 11 atom stereocenters. The van der Waals surface area contributed by atoms with Gasteiger partial charge in [0.25, 0.3) is 0 Å². The molecule has 288 valence electrons. The Morgan fingerprint density at radius 1 is 0.941 bits per heavy atom. The van der Waals surface area contributed by atoms with Gasteiger partial charge < -0.3 is 24.8 Å². The van der Waals surface area contributed by atoms with Crippen LogP contribution in [0.4, 0.5) is 0 Å². The van der Waals surface area contributed by atoms with Crippen LogP contribution in [0.1, 0.15) is 132 Å². The zero-order valence-electron chi connectivity index (χ0n) is 33.5. The van der Waals surface area contributed by atoms with E-state index in [4.69, 9.17) is 9.47 Å². The Morgan fingerprint density at radius 2 is 1.67 bits per heavy atom. The van der Waals surface area contributed by atoms with Gasteiger partial charge in [0.1, 0.15) is 6.10 Å². The second kappa shape index (κ2) is 13.4. The molecule has 0 aromatic carbocycles. The van der Waals surface area contributed by atoms with Crippen LogP contribution >= 0.6 is 0 Å². The van der Waals surface area contributed by atoms with Gasteiger partial charge in [0.05, 0.1) is 24.5 Å². The van der Waals surface area contributed by atoms with E-state index in [0.717, 1.165) is 51.6 Å². The Labute approximate surface area is 308 Å². The molecule has 1 amide bonds. The van der Waals surface area contributed by atoms with Crippen molar-refractivity contribution in [3.05, 3.63) is 12.2 Å². The van der Waals surface area contributed by atoms with E-state index in [0.29, 0.717) is 49.2 Å². The van der Waals surface area contributed by atoms with E-state index < -0.39 is 17.4 Å². The van der Waals surface area contributed by atoms with Crippen molar-refractivity contribution in [2.75, 3.05) is 33.3 Å². The molecule has 1 unspecified atom stereocenters. The van der Waals surface area contributed by atoms with E-state index in [1.54, 1.807) is 13.8 Å². The maximum Gasteiger partial charge on any atom is 0.309 e. The number of amides is 1. The molecule has 5 aliphatic carbocycles. The molecule has 0 aromatic rings. The summed E-state index contributed by atoms with van der Waals surface area (Å²) >= 11 is 0. The van der Waals surface area contributed by atoms with Crippen LogP contribution in [0.3, 0.4) is 0 Å². The Bertz CT molecular complexity index is 1390. The lowest BCUT2D eigenvalue weighted by Crippen LogP contribution is -2.67. The first-order chi connectivity index (χ1) is 23.7. The molecule has 0 aromatic heterocycles. The highest BCUT2D eigenvalue weighted by Gasteiger charge is 2.71. The molecule has 51 heavy (non-hydrogen) atoms. The minimum absolute atomic E-state index is 0.0360. The van der Waals surface area contributed by atoms with E-state index >= 15 is 0 Å². The van der Waals surface area contributed by atoms with Gasteiger partial charge in [-0.15, -0.1) is 0 Å². The van der Waals surface area contributed by atoms with E-state index in [-0.39, 0.29) is 51.6 Å². The van der Waals surface area contributed by atoms with Gasteiger partial charge in [-0.25, -0.2) is 0 Å². The number of nitrogens with zero attached hydrogens (tertiary/aromatic N) is 1. The molecule has 1 aliphatic heterocycles. The number of carboxylic acids is 1. The number of rotatable bonds is 9. The summed E-state index contributed by atoms with van der Waals surface area (Å²) in [6.45, 7) is 25.5. The van der Waals surface area contributed by atoms with Crippen LogP contribution in [0.25, 0.3) is 0 Å². The Kier molecular flexibility index (Phi) is 10.2. The summed E-state index contributed by atoms with van der Waals surface area (Å²) in [5.41, 5.74) is 0.510. The number of nitrogens with one attached hydrogen (secondary N) is 1. The van der Waals surface area contributed by atoms with Crippen molar-refractivity contribution in [1.82, 2.24) is 10.2 Å². The van der Waals surface area contributed by atoms with E-state index in [1.807, 2.05) is 11.9 Å². The van der Waals surface area contributed by atoms with Crippen LogP contribution in [0, 0.1) is 62.1 Å². The normalized spacial score (nSPS) is 43.1. The molecule has 1 saturated heterocycles. The highest BCUT2D eigenvalue weighted by molar-refractivity contribution is 5.81. The highest BCUT2D eigenvalue weighted by atomic mass is 16.5. The van der Waals surface area contributed by atoms with E-state index in [2.05, 4.69) is 53.4 Å². The monoisotopic (exact) mass is 711 g/mol. The van der Waals surface area contributed by atoms with Gasteiger partial charge in [-0.3, -0.25) is 14.4 Å². The summed E-state index contributed by atoms with van der Waals surface area (Å²) in [6, 6.07) is 0. The fraction of sp³-hybridized carbons (Fsp3) is 0.884. The number of ether oxygens (including phenoxy) is 2. The molecule has 0 bridgehead atoms. The van der Waals surface area contributed by atoms with Crippen molar-refractivity contribution >= 4 is 17.8 Å². The number of likely N-dealkylation sites (N-methyl/N-ethyl adjacent to an activating group) is 1. The fourth-order valence-electron chi connectivity index (χ4n) is 14.0. The van der Waals surface area contributed by atoms with Gasteiger partial charge in [0.2, 0.25) is 5.91 Å². The molecular weight excluding hydrogens is 640 g/mol. The first kappa shape index (κ1) is 38.8. The van der Waals surface area contributed by atoms with Crippen molar-refractivity contribution in [3.8, 4) is 0 Å². The Hall–Kier alpha value is -1.93. The first-order valence-corrected chi connectivity index (χ1v) is 20.4. The first-order valence-electron chi connectivity index (χ1n) is 20.4. The van der Waals surface area contributed by atoms with Crippen molar-refractivity contribution in [2.45, 2.75) is 145 Å². The smallest absolute Gasteiger partial charge is 0.309 e. The molecule has 8 heteroatoms. The molecule has 6 rings (SSSR count). The van der Waals surface area contributed by atoms with Crippen LogP contribution in [0.15, 0.2) is 12.2 Å². The van der Waals surface area contributed by atoms with Crippen LogP contribution < -0.4 is 5.32 Å². The third-order valence-electron chi connectivity index (χ3n) is 17.0. The number of esters is 1. The van der Waals surface area contributed by atoms with Crippen LogP contribution in [-0.4, -0.2) is 73.3 Å². The van der Waals surface area contributed by atoms with E-state index in [9.17, 15) is 19.5 Å². The zero-order chi connectivity index (χ0) is 37.4. The fourth-order valence-corrected chi connectivity index (χ4v) is 14.0. The summed E-state index contributed by atoms with van der Waals surface area (Å²) in [5, 5.41) is 13.0. The number of allylic oxidation sites excluding steroid dienone is 1. The average Bonchev–Trinajstić information content (AvgIpc) is 3.42. The molecule has 0 spiro atoms. The van der Waals surface area contributed by atoms with Crippen molar-refractivity contribution in [3.63, 3.8) is 0 Å². The van der Waals surface area contributed by atoms with Gasteiger partial charge in [-0.1, -0.05) is 46.8 Å². The number of carboxylic acid groups (broad SMARTS) is 1. The third kappa shape index (κ3) is 6.32. The maximum absolute atomic E-state index is 14.1. The van der Waals surface area contributed by atoms with Gasteiger partial charge >= 0.3 is 11.9 Å². The zero-order valence-corrected chi connectivity index (χ0v) is 33.5. The van der Waals surface area contributed by atoms with Gasteiger partial charge in [0, 0.05) is 38.5 Å². The van der Waals surface area contributed by atoms with Crippen LogP contribution in [0.2, 0.25) is 0 Å². The summed E-state index contributed by atoms with van der Waals surface area (Å²) in [5.74, 6) is 1.46. The second-order valence-electron chi connectivity index (χ2n) is 20.4. The summed E-state index contributed by atoms with van der Waals surface area (Å²) in [7, 11) is 1.98. The molecule has 2 N–H and O–H groups in total. The van der Waals surface area contributed by atoms with Gasteiger partial charge in [-0.2, -0.15) is 0 Å². The number of hydrogen-bond donors (Lipinski definition) is 2. The number of carbonyl (C=O) groups excluding carboxylic acids is 2. The topological polar surface area (TPSA) is 105 Å². The molecule has 8 nitrogen and oxygen atoms in total. The lowest BCUT2D eigenvalue weighted by molar-refractivity contribution is -0.250. The molecule has 0 radical (unpaired) electrons. The lowest BCUT2D eigenvalue weighted by Gasteiger charge is -2.73. The van der Waals surface area contributed by atoms with Crippen LogP contribution in [0.5, 0.6) is 0 Å². The van der Waals surface area contributed by atoms with Crippen molar-refractivity contribution in [1.29, 1.82) is 0 Å². The standard InChI is InChI=1S/C43H70N2O6/c1-27(2)29-13-18-43(23-34(46)45(10)26-28-25-44-21-22-50-28)20-19-41(8)30(36(29)43)11-12-32-40(7)16-15-33(51-35(47)24-38(3,4)37(48)49)39(5,6)31(40)14-17-42(32,41)9/h28-33,36,44H,1,11-26H2,2-10H3,(H,48,49)/t28?,29-,30+,31-,32+,33-,36+,40-,41+,42+,43+/m0/s1. The second-order valence-corrected chi connectivity index (χ2v) is 20.4. The number of fused-ring (bicyclic) bond motifs is 7. The van der Waals surface area contributed by atoms with Crippen molar-refractivity contribution < 1.29 is 29.0 Å². The number of morpholine rings is 1. The molecule has 1 heterocycles. The Morgan fingerprint density at radius 3 is 2.31 bits per heavy atom. The highest BCUT2D eigenvalue weighted by Crippen LogP contribution is 2.78.